The molecule has 0 spiro atoms. The Labute approximate surface area is 156 Å². The second-order valence-corrected chi connectivity index (χ2v) is 8.85. The average Bonchev–Trinajstić information content (AvgIpc) is 3.22. The fourth-order valence-electron chi connectivity index (χ4n) is 2.90. The van der Waals surface area contributed by atoms with Crippen molar-refractivity contribution in [2.75, 3.05) is 12.4 Å². The zero-order valence-electron chi connectivity index (χ0n) is 14.5. The van der Waals surface area contributed by atoms with Crippen LogP contribution in [0.4, 0.5) is 10.5 Å². The van der Waals surface area contributed by atoms with E-state index in [-0.39, 0.29) is 10.7 Å². The summed E-state index contributed by atoms with van der Waals surface area (Å²) in [7, 11) is 1.61. The van der Waals surface area contributed by atoms with Gasteiger partial charge in [0.15, 0.2) is 0 Å². The number of nitrogens with one attached hydrogen (secondary N) is 3. The van der Waals surface area contributed by atoms with Gasteiger partial charge < -0.3 is 20.5 Å². The van der Waals surface area contributed by atoms with E-state index in [0.717, 1.165) is 29.9 Å². The second-order valence-electron chi connectivity index (χ2n) is 6.49. The van der Waals surface area contributed by atoms with Crippen molar-refractivity contribution in [1.82, 2.24) is 10.0 Å². The number of hydrogen-bond acceptors (Lipinski definition) is 6. The normalized spacial score (nSPS) is 19.0. The Morgan fingerprint density at radius 3 is 2.92 bits per heavy atom. The van der Waals surface area contributed by atoms with Crippen LogP contribution in [0, 0.1) is 0 Å². The molecule has 1 aromatic rings. The number of carbonyl (C=O) groups excluding carboxylic acids is 1. The number of fused-ring (bicyclic) bond motifs is 1. The van der Waals surface area contributed by atoms with Gasteiger partial charge in [-0.25, -0.2) is 4.79 Å². The highest BCUT2D eigenvalue weighted by Gasteiger charge is 2.29. The van der Waals surface area contributed by atoms with Gasteiger partial charge in [0.2, 0.25) is 0 Å². The highest BCUT2D eigenvalue weighted by Crippen LogP contribution is 2.38. The Morgan fingerprint density at radius 1 is 1.44 bits per heavy atom. The van der Waals surface area contributed by atoms with Crippen LogP contribution in [-0.4, -0.2) is 28.6 Å². The van der Waals surface area contributed by atoms with E-state index in [1.807, 2.05) is 6.07 Å². The van der Waals surface area contributed by atoms with E-state index in [1.54, 1.807) is 27.2 Å². The summed E-state index contributed by atoms with van der Waals surface area (Å²) >= 11 is 2.75. The summed E-state index contributed by atoms with van der Waals surface area (Å²) in [6.45, 7) is 3.48. The maximum atomic E-state index is 12.3. The largest absolute Gasteiger partial charge is 0.495 e. The van der Waals surface area contributed by atoms with E-state index < -0.39 is 5.60 Å². The molecule has 1 aliphatic heterocycles. The molecular formula is C17H23N3O3S2. The van der Waals surface area contributed by atoms with Gasteiger partial charge in [0, 0.05) is 11.1 Å². The van der Waals surface area contributed by atoms with E-state index in [0.29, 0.717) is 5.75 Å². The molecule has 1 aliphatic carbocycles. The number of benzene rings is 1. The fraction of sp³-hybridized carbons (Fsp3) is 0.471. The van der Waals surface area contributed by atoms with Gasteiger partial charge in [-0.15, -0.1) is 0 Å². The number of methoxy groups -OCH3 is 1. The first-order valence-electron chi connectivity index (χ1n) is 8.15. The molecule has 2 aliphatic rings. The molecule has 0 aromatic heterocycles. The Kier molecular flexibility index (Phi) is 5.41. The number of aliphatic hydroxyl groups is 1. The Morgan fingerprint density at radius 2 is 2.24 bits per heavy atom. The van der Waals surface area contributed by atoms with Gasteiger partial charge in [0.1, 0.15) is 10.5 Å². The van der Waals surface area contributed by atoms with Crippen LogP contribution in [0.1, 0.15) is 31.4 Å². The van der Waals surface area contributed by atoms with E-state index in [9.17, 15) is 9.90 Å². The van der Waals surface area contributed by atoms with Crippen LogP contribution in [0.25, 0.3) is 0 Å². The summed E-state index contributed by atoms with van der Waals surface area (Å²) in [5, 5.41) is 16.1. The van der Waals surface area contributed by atoms with E-state index in [1.165, 1.54) is 34.8 Å². The molecule has 0 saturated heterocycles. The predicted molar refractivity (Wildman–Crippen MR) is 104 cm³/mol. The molecule has 3 rings (SSSR count). The molecule has 25 heavy (non-hydrogen) atoms. The summed E-state index contributed by atoms with van der Waals surface area (Å²) in [4.78, 5) is 13.2. The number of ether oxygens (including phenoxy) is 1. The highest BCUT2D eigenvalue weighted by atomic mass is 32.2. The molecule has 6 nitrogen and oxygen atoms in total. The monoisotopic (exact) mass is 381 g/mol. The van der Waals surface area contributed by atoms with Gasteiger partial charge in [0.05, 0.1) is 18.4 Å². The van der Waals surface area contributed by atoms with Gasteiger partial charge in [-0.3, -0.25) is 4.72 Å². The lowest BCUT2D eigenvalue weighted by molar-refractivity contribution is 0.129. The van der Waals surface area contributed by atoms with Gasteiger partial charge >= 0.3 is 6.03 Å². The van der Waals surface area contributed by atoms with Crippen molar-refractivity contribution in [3.8, 4) is 5.75 Å². The third-order valence-electron chi connectivity index (χ3n) is 4.15. The van der Waals surface area contributed by atoms with Crippen LogP contribution in [0.15, 0.2) is 23.2 Å². The van der Waals surface area contributed by atoms with Crippen LogP contribution >= 0.6 is 23.7 Å². The first kappa shape index (κ1) is 18.3. The smallest absolute Gasteiger partial charge is 0.329 e. The molecule has 0 saturated carbocycles. The van der Waals surface area contributed by atoms with Crippen LogP contribution in [0.5, 0.6) is 5.75 Å². The van der Waals surface area contributed by atoms with Gasteiger partial charge in [-0.05, 0) is 62.3 Å². The summed E-state index contributed by atoms with van der Waals surface area (Å²) in [6.07, 6.45) is 4.88. The van der Waals surface area contributed by atoms with Crippen LogP contribution in [-0.2, 0) is 12.8 Å². The third kappa shape index (κ3) is 4.19. The van der Waals surface area contributed by atoms with Crippen molar-refractivity contribution in [3.63, 3.8) is 0 Å². The van der Waals surface area contributed by atoms with Gasteiger partial charge in [-0.1, -0.05) is 17.8 Å². The van der Waals surface area contributed by atoms with Crippen molar-refractivity contribution in [2.24, 2.45) is 0 Å². The third-order valence-corrected chi connectivity index (χ3v) is 6.60. The number of urea groups is 1. The summed E-state index contributed by atoms with van der Waals surface area (Å²) in [5.41, 5.74) is 2.32. The number of amides is 2. The molecule has 0 fully saturated rings. The Hall–Kier alpha value is -1.51. The van der Waals surface area contributed by atoms with E-state index in [2.05, 4.69) is 21.4 Å². The topological polar surface area (TPSA) is 82.6 Å². The quantitative estimate of drug-likeness (QED) is 0.587. The number of carbonyl (C=O) groups is 1. The molecule has 2 amide bonds. The number of aryl methyl sites for hydroxylation is 1. The SMILES string of the molecule is COc1ccc2c(c1NC(=O)NSC1NC=C(C(C)(C)O)S1)CCC2. The molecule has 136 valence electrons. The second kappa shape index (κ2) is 7.39. The number of thioether (sulfide) groups is 1. The summed E-state index contributed by atoms with van der Waals surface area (Å²) < 4.78 is 8.13. The van der Waals surface area contributed by atoms with Crippen LogP contribution in [0.2, 0.25) is 0 Å². The minimum absolute atomic E-state index is 0.0736. The minimum Gasteiger partial charge on any atom is -0.495 e. The first-order valence-corrected chi connectivity index (χ1v) is 9.91. The number of rotatable bonds is 5. The summed E-state index contributed by atoms with van der Waals surface area (Å²) in [6, 6.07) is 3.69. The molecule has 1 aromatic carbocycles. The zero-order valence-corrected chi connectivity index (χ0v) is 16.1. The molecule has 8 heteroatoms. The lowest BCUT2D eigenvalue weighted by Crippen LogP contribution is -2.28. The maximum absolute atomic E-state index is 12.3. The van der Waals surface area contributed by atoms with Crippen molar-refractivity contribution >= 4 is 35.4 Å². The maximum Gasteiger partial charge on any atom is 0.329 e. The molecule has 4 N–H and O–H groups in total. The summed E-state index contributed by atoms with van der Waals surface area (Å²) in [5.74, 6) is 0.681. The lowest BCUT2D eigenvalue weighted by Gasteiger charge is -2.19. The van der Waals surface area contributed by atoms with Crippen molar-refractivity contribution in [1.29, 1.82) is 0 Å². The molecule has 1 heterocycles. The molecule has 1 atom stereocenters. The highest BCUT2D eigenvalue weighted by molar-refractivity contribution is 8.18. The Balaban J connectivity index is 1.57. The van der Waals surface area contributed by atoms with Crippen molar-refractivity contribution in [3.05, 3.63) is 34.4 Å². The Bertz CT molecular complexity index is 701. The first-order chi connectivity index (χ1) is 11.9. The molecular weight excluding hydrogens is 358 g/mol. The van der Waals surface area contributed by atoms with Crippen LogP contribution in [0.3, 0.4) is 0 Å². The standard InChI is InChI=1S/C17H23N3O3S2/c1-17(2,22)13-9-18-16(24-13)25-20-15(21)19-14-11-6-4-5-10(11)7-8-12(14)23-3/h7-9,16,18,22H,4-6H2,1-3H3,(H2,19,20,21). The van der Waals surface area contributed by atoms with Crippen molar-refractivity contribution in [2.45, 2.75) is 43.4 Å². The molecule has 0 radical (unpaired) electrons. The zero-order chi connectivity index (χ0) is 18.0. The van der Waals surface area contributed by atoms with E-state index >= 15 is 0 Å². The average molecular weight is 382 g/mol. The predicted octanol–water partition coefficient (Wildman–Crippen LogP) is 3.19. The van der Waals surface area contributed by atoms with Crippen molar-refractivity contribution < 1.29 is 14.6 Å². The number of anilines is 1. The molecule has 1 unspecified atom stereocenters. The lowest BCUT2D eigenvalue weighted by atomic mass is 10.1. The minimum atomic E-state index is -0.882. The van der Waals surface area contributed by atoms with Crippen LogP contribution < -0.4 is 20.1 Å². The van der Waals surface area contributed by atoms with E-state index in [4.69, 9.17) is 4.74 Å². The van der Waals surface area contributed by atoms with Gasteiger partial charge in [-0.2, -0.15) is 0 Å². The fourth-order valence-corrected chi connectivity index (χ4v) is 4.74. The van der Waals surface area contributed by atoms with Gasteiger partial charge in [0.25, 0.3) is 0 Å². The number of hydrogen-bond donors (Lipinski definition) is 4. The molecule has 0 bridgehead atoms.